The van der Waals surface area contributed by atoms with Crippen molar-refractivity contribution in [1.82, 2.24) is 20.2 Å². The van der Waals surface area contributed by atoms with Gasteiger partial charge in [-0.2, -0.15) is 5.10 Å². The highest BCUT2D eigenvalue weighted by Gasteiger charge is 2.07. The van der Waals surface area contributed by atoms with E-state index in [1.54, 1.807) is 12.4 Å². The minimum atomic E-state index is 0.632. The lowest BCUT2D eigenvalue weighted by atomic mass is 10.1. The highest BCUT2D eigenvalue weighted by molar-refractivity contribution is 7.20. The fourth-order valence-electron chi connectivity index (χ4n) is 3.12. The number of fused-ring (bicyclic) bond motifs is 1. The number of carbonyl (C=O) groups excluding carboxylic acids is 1. The van der Waals surface area contributed by atoms with E-state index in [4.69, 9.17) is 0 Å². The highest BCUT2D eigenvalue weighted by Crippen LogP contribution is 2.29. The van der Waals surface area contributed by atoms with Crippen molar-refractivity contribution < 1.29 is 4.79 Å². The monoisotopic (exact) mass is 397 g/mol. The average molecular weight is 397 g/mol. The van der Waals surface area contributed by atoms with Gasteiger partial charge < -0.3 is 5.32 Å². The summed E-state index contributed by atoms with van der Waals surface area (Å²) in [4.78, 5) is 20.8. The molecule has 7 heteroatoms. The van der Waals surface area contributed by atoms with Gasteiger partial charge in [0.05, 0.1) is 11.1 Å². The maximum absolute atomic E-state index is 11.0. The van der Waals surface area contributed by atoms with E-state index in [1.807, 2.05) is 60.8 Å². The first-order chi connectivity index (χ1) is 14.3. The maximum atomic E-state index is 11.0. The summed E-state index contributed by atoms with van der Waals surface area (Å²) >= 11 is 1.47. The van der Waals surface area contributed by atoms with Gasteiger partial charge in [-0.3, -0.25) is 9.89 Å². The summed E-state index contributed by atoms with van der Waals surface area (Å²) in [5.41, 5.74) is 3.98. The molecular weight excluding hydrogens is 382 g/mol. The van der Waals surface area contributed by atoms with Gasteiger partial charge in [0.15, 0.2) is 12.1 Å². The van der Waals surface area contributed by atoms with Gasteiger partial charge in [-0.1, -0.05) is 24.3 Å². The van der Waals surface area contributed by atoms with E-state index in [0.717, 1.165) is 38.8 Å². The molecule has 0 unspecified atom stereocenters. The van der Waals surface area contributed by atoms with Crippen LogP contribution in [0.25, 0.3) is 32.6 Å². The minimum absolute atomic E-state index is 0.632. The summed E-state index contributed by atoms with van der Waals surface area (Å²) in [5, 5.41) is 11.2. The fourth-order valence-corrected chi connectivity index (χ4v) is 4.04. The number of benzene rings is 2. The molecule has 0 aliphatic heterocycles. The van der Waals surface area contributed by atoms with Gasteiger partial charge in [0.2, 0.25) is 0 Å². The number of H-pyrrole nitrogens is 1. The van der Waals surface area contributed by atoms with Gasteiger partial charge in [-0.25, -0.2) is 9.97 Å². The molecule has 6 nitrogen and oxygen atoms in total. The predicted octanol–water partition coefficient (Wildman–Crippen LogP) is 5.30. The molecule has 0 aliphatic rings. The zero-order valence-corrected chi connectivity index (χ0v) is 16.0. The van der Waals surface area contributed by atoms with E-state index in [2.05, 4.69) is 25.5 Å². The Labute approximate surface area is 170 Å². The number of nitrogens with one attached hydrogen (secondary N) is 2. The Morgan fingerprint density at radius 2 is 1.83 bits per heavy atom. The number of hydrogen-bond donors (Lipinski definition) is 2. The summed E-state index contributed by atoms with van der Waals surface area (Å²) < 4.78 is 1.04. The van der Waals surface area contributed by atoms with Crippen LogP contribution in [0.15, 0.2) is 73.2 Å². The van der Waals surface area contributed by atoms with Crippen molar-refractivity contribution in [3.63, 3.8) is 0 Å². The summed E-state index contributed by atoms with van der Waals surface area (Å²) in [6.07, 6.45) is 6.27. The molecule has 5 rings (SSSR count). The van der Waals surface area contributed by atoms with Gasteiger partial charge in [0.25, 0.3) is 0 Å². The Morgan fingerprint density at radius 1 is 0.966 bits per heavy atom. The van der Waals surface area contributed by atoms with Crippen molar-refractivity contribution in [2.24, 2.45) is 0 Å². The highest BCUT2D eigenvalue weighted by atomic mass is 32.1. The van der Waals surface area contributed by atoms with Crippen LogP contribution in [0.2, 0.25) is 0 Å². The zero-order chi connectivity index (χ0) is 19.6. The lowest BCUT2D eigenvalue weighted by Gasteiger charge is -2.08. The third-order valence-corrected chi connectivity index (χ3v) is 5.58. The first-order valence-electron chi connectivity index (χ1n) is 8.97. The molecule has 5 aromatic rings. The number of nitrogens with zero attached hydrogens (tertiary/aromatic N) is 3. The topological polar surface area (TPSA) is 83.6 Å². The normalized spacial score (nSPS) is 10.9. The Morgan fingerprint density at radius 3 is 2.62 bits per heavy atom. The van der Waals surface area contributed by atoms with E-state index in [1.165, 1.54) is 11.3 Å². The number of hydrogen-bond acceptors (Lipinski definition) is 6. The van der Waals surface area contributed by atoms with Gasteiger partial charge in [0.1, 0.15) is 5.82 Å². The Bertz CT molecular complexity index is 1290. The van der Waals surface area contributed by atoms with Crippen LogP contribution in [-0.2, 0) is 0 Å². The van der Waals surface area contributed by atoms with Crippen LogP contribution < -0.4 is 5.32 Å². The second-order valence-corrected chi connectivity index (χ2v) is 7.59. The average Bonchev–Trinajstić information content (AvgIpc) is 3.44. The van der Waals surface area contributed by atoms with E-state index in [0.29, 0.717) is 16.5 Å². The number of thiophene rings is 1. The Kier molecular flexibility index (Phi) is 4.34. The van der Waals surface area contributed by atoms with Crippen LogP contribution in [0, 0.1) is 0 Å². The second kappa shape index (κ2) is 7.29. The molecule has 2 N–H and O–H groups in total. The predicted molar refractivity (Wildman–Crippen MR) is 116 cm³/mol. The number of rotatable bonds is 5. The van der Waals surface area contributed by atoms with Crippen LogP contribution in [-0.4, -0.2) is 26.5 Å². The van der Waals surface area contributed by atoms with Crippen molar-refractivity contribution in [3.05, 3.63) is 78.1 Å². The van der Waals surface area contributed by atoms with Crippen LogP contribution in [0.1, 0.15) is 9.67 Å². The number of aromatic amines is 1. The second-order valence-electron chi connectivity index (χ2n) is 6.47. The van der Waals surface area contributed by atoms with Gasteiger partial charge in [-0.15, -0.1) is 11.3 Å². The van der Waals surface area contributed by atoms with Crippen LogP contribution in [0.5, 0.6) is 0 Å². The third-order valence-electron chi connectivity index (χ3n) is 4.56. The van der Waals surface area contributed by atoms with Crippen molar-refractivity contribution in [3.8, 4) is 22.5 Å². The molecule has 0 radical (unpaired) electrons. The molecule has 0 bridgehead atoms. The fraction of sp³-hybridized carbons (Fsp3) is 0. The summed E-state index contributed by atoms with van der Waals surface area (Å²) in [7, 11) is 0. The smallest absolute Gasteiger partial charge is 0.161 e. The van der Waals surface area contributed by atoms with Crippen molar-refractivity contribution in [2.45, 2.75) is 0 Å². The minimum Gasteiger partial charge on any atom is -0.340 e. The molecule has 3 aromatic heterocycles. The summed E-state index contributed by atoms with van der Waals surface area (Å²) in [6.45, 7) is 0. The van der Waals surface area contributed by atoms with E-state index in [9.17, 15) is 4.79 Å². The molecule has 140 valence electrons. The molecule has 0 amide bonds. The molecule has 29 heavy (non-hydrogen) atoms. The number of aldehydes is 1. The van der Waals surface area contributed by atoms with Crippen LogP contribution in [0.3, 0.4) is 0 Å². The quantitative estimate of drug-likeness (QED) is 0.393. The lowest BCUT2D eigenvalue weighted by molar-refractivity contribution is 0.112. The maximum Gasteiger partial charge on any atom is 0.161 e. The van der Waals surface area contributed by atoms with E-state index < -0.39 is 0 Å². The molecule has 3 heterocycles. The summed E-state index contributed by atoms with van der Waals surface area (Å²) in [5.74, 6) is 1.35. The molecule has 0 saturated heterocycles. The van der Waals surface area contributed by atoms with E-state index >= 15 is 0 Å². The van der Waals surface area contributed by atoms with Crippen LogP contribution >= 0.6 is 11.3 Å². The zero-order valence-electron chi connectivity index (χ0n) is 15.2. The largest absolute Gasteiger partial charge is 0.340 e. The van der Waals surface area contributed by atoms with E-state index in [-0.39, 0.29) is 0 Å². The number of aromatic nitrogens is 4. The van der Waals surface area contributed by atoms with Gasteiger partial charge in [0, 0.05) is 33.9 Å². The lowest BCUT2D eigenvalue weighted by Crippen LogP contribution is -1.96. The molecule has 0 saturated carbocycles. The first-order valence-corrected chi connectivity index (χ1v) is 9.78. The Hall–Kier alpha value is -3.84. The molecule has 0 aliphatic carbocycles. The van der Waals surface area contributed by atoms with Crippen molar-refractivity contribution in [2.75, 3.05) is 5.32 Å². The third kappa shape index (κ3) is 3.51. The molecule has 0 atom stereocenters. The van der Waals surface area contributed by atoms with Gasteiger partial charge >= 0.3 is 0 Å². The molecule has 0 fully saturated rings. The Balaban J connectivity index is 1.40. The van der Waals surface area contributed by atoms with Crippen molar-refractivity contribution >= 4 is 39.2 Å². The first kappa shape index (κ1) is 17.3. The molecular formula is C22H15N5OS. The van der Waals surface area contributed by atoms with Crippen molar-refractivity contribution in [1.29, 1.82) is 0 Å². The molecule has 0 spiro atoms. The SMILES string of the molecule is O=Cc1cc2ccc(-c3nccc(Nc4ccc(-c5cn[nH]c5)cc4)n3)cc2s1. The van der Waals surface area contributed by atoms with Crippen LogP contribution in [0.4, 0.5) is 11.5 Å². The standard InChI is InChI=1S/C22H15N5OS/c28-13-19-9-15-1-2-16(10-20(15)29-19)22-23-8-7-21(27-22)26-18-5-3-14(4-6-18)17-11-24-25-12-17/h1-13H,(H,24,25)(H,23,26,27). The molecule has 2 aromatic carbocycles. The number of carbonyl (C=O) groups is 1. The van der Waals surface area contributed by atoms with Gasteiger partial charge in [-0.05, 0) is 41.3 Å². The summed E-state index contributed by atoms with van der Waals surface area (Å²) in [6, 6.07) is 17.8. The number of anilines is 2.